The number of ether oxygens (including phenoxy) is 3. The van der Waals surface area contributed by atoms with E-state index in [0.29, 0.717) is 30.3 Å². The van der Waals surface area contributed by atoms with Crippen molar-refractivity contribution >= 4 is 17.7 Å². The average molecular weight is 289 g/mol. The van der Waals surface area contributed by atoms with E-state index >= 15 is 0 Å². The van der Waals surface area contributed by atoms with Gasteiger partial charge in [-0.25, -0.2) is 0 Å². The van der Waals surface area contributed by atoms with Gasteiger partial charge in [-0.3, -0.25) is 4.79 Å². The van der Waals surface area contributed by atoms with Crippen LogP contribution in [0.4, 0.5) is 0 Å². The summed E-state index contributed by atoms with van der Waals surface area (Å²) in [6.07, 6.45) is 2.79. The Morgan fingerprint density at radius 1 is 1.47 bits per heavy atom. The van der Waals surface area contributed by atoms with Crippen LogP contribution in [0.5, 0.6) is 0 Å². The van der Waals surface area contributed by atoms with Crippen molar-refractivity contribution in [2.75, 3.05) is 32.6 Å². The molecule has 2 atom stereocenters. The summed E-state index contributed by atoms with van der Waals surface area (Å²) in [7, 11) is 1.43. The summed E-state index contributed by atoms with van der Waals surface area (Å²) in [5.41, 5.74) is 0. The molecular weight excluding hydrogens is 266 g/mol. The molecule has 5 nitrogen and oxygen atoms in total. The van der Waals surface area contributed by atoms with Gasteiger partial charge in [0.05, 0.1) is 26.1 Å². The molecule has 2 rings (SSSR count). The van der Waals surface area contributed by atoms with Crippen LogP contribution in [0.3, 0.4) is 0 Å². The molecule has 0 bridgehead atoms. The maximum absolute atomic E-state index is 11.3. The smallest absolute Gasteiger partial charge is 0.315 e. The first-order chi connectivity index (χ1) is 9.19. The Labute approximate surface area is 118 Å². The Morgan fingerprint density at radius 3 is 2.84 bits per heavy atom. The molecule has 0 aromatic carbocycles. The fourth-order valence-electron chi connectivity index (χ4n) is 2.78. The van der Waals surface area contributed by atoms with Gasteiger partial charge in [0.25, 0.3) is 0 Å². The molecule has 0 radical (unpaired) electrons. The van der Waals surface area contributed by atoms with Crippen LogP contribution in [0.2, 0.25) is 0 Å². The van der Waals surface area contributed by atoms with Crippen molar-refractivity contribution in [1.29, 1.82) is 0 Å². The zero-order valence-electron chi connectivity index (χ0n) is 11.6. The third kappa shape index (κ3) is 3.84. The van der Waals surface area contributed by atoms with Gasteiger partial charge in [-0.15, -0.1) is 11.8 Å². The number of rotatable bonds is 5. The van der Waals surface area contributed by atoms with E-state index < -0.39 is 5.79 Å². The first-order valence-electron chi connectivity index (χ1n) is 6.89. The fourth-order valence-corrected chi connectivity index (χ4v) is 4.08. The molecule has 1 aliphatic carbocycles. The van der Waals surface area contributed by atoms with Crippen molar-refractivity contribution in [2.45, 2.75) is 43.3 Å². The van der Waals surface area contributed by atoms with Crippen LogP contribution >= 0.6 is 11.8 Å². The summed E-state index contributed by atoms with van der Waals surface area (Å²) in [6.45, 7) is 4.41. The van der Waals surface area contributed by atoms with Gasteiger partial charge in [0, 0.05) is 24.1 Å². The molecule has 1 N–H and O–H groups in total. The number of carbonyl (C=O) groups excluding carboxylic acids is 1. The molecule has 1 aliphatic heterocycles. The highest BCUT2D eigenvalue weighted by Gasteiger charge is 2.45. The molecule has 1 saturated carbocycles. The van der Waals surface area contributed by atoms with Crippen LogP contribution in [-0.4, -0.2) is 55.7 Å². The van der Waals surface area contributed by atoms with E-state index in [9.17, 15) is 4.79 Å². The highest BCUT2D eigenvalue weighted by atomic mass is 32.2. The lowest BCUT2D eigenvalue weighted by Gasteiger charge is -2.41. The summed E-state index contributed by atoms with van der Waals surface area (Å²) in [5.74, 6) is -0.188. The van der Waals surface area contributed by atoms with E-state index in [2.05, 4.69) is 12.2 Å². The van der Waals surface area contributed by atoms with Crippen LogP contribution in [0.1, 0.15) is 26.2 Å². The number of thioether (sulfide) groups is 1. The summed E-state index contributed by atoms with van der Waals surface area (Å²) < 4.78 is 16.3. The van der Waals surface area contributed by atoms with Gasteiger partial charge in [-0.1, -0.05) is 6.92 Å². The molecule has 2 unspecified atom stereocenters. The molecule has 6 heteroatoms. The van der Waals surface area contributed by atoms with E-state index in [1.807, 2.05) is 0 Å². The Morgan fingerprint density at radius 2 is 2.21 bits per heavy atom. The number of methoxy groups -OCH3 is 1. The lowest BCUT2D eigenvalue weighted by Crippen LogP contribution is -2.50. The van der Waals surface area contributed by atoms with E-state index in [-0.39, 0.29) is 5.97 Å². The minimum atomic E-state index is -0.403. The monoisotopic (exact) mass is 289 g/mol. The van der Waals surface area contributed by atoms with Crippen LogP contribution in [-0.2, 0) is 19.0 Å². The summed E-state index contributed by atoms with van der Waals surface area (Å²) >= 11 is 1.64. The highest BCUT2D eigenvalue weighted by molar-refractivity contribution is 8.00. The minimum Gasteiger partial charge on any atom is -0.468 e. The second-order valence-corrected chi connectivity index (χ2v) is 6.17. The summed E-state index contributed by atoms with van der Waals surface area (Å²) in [6, 6.07) is 0.415. The van der Waals surface area contributed by atoms with E-state index in [4.69, 9.17) is 14.2 Å². The number of hydrogen-bond donors (Lipinski definition) is 1. The molecule has 2 aliphatic rings. The molecule has 1 saturated heterocycles. The normalized spacial score (nSPS) is 29.6. The van der Waals surface area contributed by atoms with Gasteiger partial charge in [0.15, 0.2) is 5.79 Å². The van der Waals surface area contributed by atoms with Crippen molar-refractivity contribution in [3.8, 4) is 0 Å². The van der Waals surface area contributed by atoms with Gasteiger partial charge in [-0.2, -0.15) is 0 Å². The topological polar surface area (TPSA) is 56.8 Å². The second kappa shape index (κ2) is 6.92. The predicted molar refractivity (Wildman–Crippen MR) is 74.2 cm³/mol. The molecule has 2 fully saturated rings. The van der Waals surface area contributed by atoms with Crippen LogP contribution < -0.4 is 5.32 Å². The largest absolute Gasteiger partial charge is 0.468 e. The molecular formula is C13H23NO4S. The molecule has 0 aromatic rings. The maximum atomic E-state index is 11.3. The zero-order chi connectivity index (χ0) is 13.7. The highest BCUT2D eigenvalue weighted by Crippen LogP contribution is 2.40. The molecule has 0 aromatic heterocycles. The van der Waals surface area contributed by atoms with E-state index in [0.717, 1.165) is 25.8 Å². The van der Waals surface area contributed by atoms with Gasteiger partial charge in [0.2, 0.25) is 0 Å². The Bertz CT molecular complexity index is 307. The quantitative estimate of drug-likeness (QED) is 0.767. The number of nitrogens with one attached hydrogen (secondary N) is 1. The van der Waals surface area contributed by atoms with E-state index in [1.54, 1.807) is 11.8 Å². The molecule has 110 valence electrons. The third-order valence-corrected chi connectivity index (χ3v) is 5.05. The molecule has 0 amide bonds. The molecule has 19 heavy (non-hydrogen) atoms. The third-order valence-electron chi connectivity index (χ3n) is 3.72. The van der Waals surface area contributed by atoms with Crippen molar-refractivity contribution in [3.05, 3.63) is 0 Å². The Kier molecular flexibility index (Phi) is 5.50. The van der Waals surface area contributed by atoms with Crippen molar-refractivity contribution in [3.63, 3.8) is 0 Å². The van der Waals surface area contributed by atoms with Crippen molar-refractivity contribution in [1.82, 2.24) is 5.32 Å². The summed E-state index contributed by atoms with van der Waals surface area (Å²) in [5, 5.41) is 3.82. The molecule has 1 spiro atoms. The maximum Gasteiger partial charge on any atom is 0.315 e. The first kappa shape index (κ1) is 15.1. The predicted octanol–water partition coefficient (Wildman–Crippen LogP) is 1.17. The average Bonchev–Trinajstić information content (AvgIpc) is 2.87. The standard InChI is InChI=1S/C13H23NO4S/c1-3-14-10-4-5-13(17-6-7-18-13)8-11(10)19-9-12(15)16-2/h10-11,14H,3-9H2,1-2H3. The second-order valence-electron chi connectivity index (χ2n) is 4.94. The zero-order valence-corrected chi connectivity index (χ0v) is 12.5. The minimum absolute atomic E-state index is 0.173. The number of hydrogen-bond acceptors (Lipinski definition) is 6. The SMILES string of the molecule is CCNC1CCC2(CC1SCC(=O)OC)OCCO2. The number of carbonyl (C=O) groups is 1. The van der Waals surface area contributed by atoms with Crippen LogP contribution in [0.25, 0.3) is 0 Å². The van der Waals surface area contributed by atoms with Gasteiger partial charge >= 0.3 is 5.97 Å². The first-order valence-corrected chi connectivity index (χ1v) is 7.94. The lowest BCUT2D eigenvalue weighted by atomic mass is 9.89. The van der Waals surface area contributed by atoms with Crippen LogP contribution in [0, 0.1) is 0 Å². The van der Waals surface area contributed by atoms with Crippen LogP contribution in [0.15, 0.2) is 0 Å². The van der Waals surface area contributed by atoms with Crippen molar-refractivity contribution in [2.24, 2.45) is 0 Å². The Hall–Kier alpha value is -0.300. The van der Waals surface area contributed by atoms with Crippen molar-refractivity contribution < 1.29 is 19.0 Å². The van der Waals surface area contributed by atoms with Gasteiger partial charge in [0.1, 0.15) is 0 Å². The van der Waals surface area contributed by atoms with E-state index in [1.165, 1.54) is 7.11 Å². The number of esters is 1. The molecule has 1 heterocycles. The lowest BCUT2D eigenvalue weighted by molar-refractivity contribution is -0.178. The Balaban J connectivity index is 1.93. The van der Waals surface area contributed by atoms with Gasteiger partial charge < -0.3 is 19.5 Å². The summed E-state index contributed by atoms with van der Waals surface area (Å²) in [4.78, 5) is 11.3. The van der Waals surface area contributed by atoms with Gasteiger partial charge in [-0.05, 0) is 13.0 Å². The fraction of sp³-hybridized carbons (Fsp3) is 0.923.